The molecular weight excluding hydrogens is 439 g/mol. The number of nitrogens with zero attached hydrogens (tertiary/aromatic N) is 8. The zero-order valence-corrected chi connectivity index (χ0v) is 18.6. The molecule has 0 aliphatic carbocycles. The summed E-state index contributed by atoms with van der Waals surface area (Å²) < 4.78 is 21.5. The summed E-state index contributed by atoms with van der Waals surface area (Å²) in [5.41, 5.74) is 2.37. The molecule has 4 heterocycles. The number of tetrazole rings is 1. The molecule has 2 atom stereocenters. The second-order valence-corrected chi connectivity index (χ2v) is 8.49. The number of hydrogen-bond donors (Lipinski definition) is 0. The Hall–Kier alpha value is -3.75. The van der Waals surface area contributed by atoms with Crippen molar-refractivity contribution < 1.29 is 13.9 Å². The lowest BCUT2D eigenvalue weighted by Crippen LogP contribution is -2.59. The topological polar surface area (TPSA) is 93.6 Å². The van der Waals surface area contributed by atoms with E-state index in [1.165, 1.54) is 17.1 Å². The molecule has 1 aromatic carbocycles. The molecule has 0 bridgehead atoms. The zero-order valence-electron chi connectivity index (χ0n) is 18.6. The van der Waals surface area contributed by atoms with E-state index in [0.717, 1.165) is 17.7 Å². The maximum absolute atomic E-state index is 13.9. The standard InChI is InChI=1S/C23H23FN8O2/c1-15-18(3-4-19(24)23(15)25-2)20-12-30-7-8-31(11-17(30)13-34-20)22(33)10-16-5-6-26-21(9-16)32-14-27-28-29-32/h3-6,9,14,17,20H,7-8,10-13H2,1H3/t17-,20+/m0/s1. The van der Waals surface area contributed by atoms with Gasteiger partial charge in [0, 0.05) is 32.4 Å². The van der Waals surface area contributed by atoms with E-state index in [0.29, 0.717) is 37.6 Å². The summed E-state index contributed by atoms with van der Waals surface area (Å²) in [5.74, 6) is 0.104. The summed E-state index contributed by atoms with van der Waals surface area (Å²) in [6.07, 6.45) is 3.14. The largest absolute Gasteiger partial charge is 0.371 e. The average Bonchev–Trinajstić information content (AvgIpc) is 3.39. The first-order valence-corrected chi connectivity index (χ1v) is 11.0. The Morgan fingerprint density at radius 3 is 2.97 bits per heavy atom. The summed E-state index contributed by atoms with van der Waals surface area (Å²) in [6.45, 7) is 12.1. The number of aromatic nitrogens is 5. The highest BCUT2D eigenvalue weighted by Gasteiger charge is 2.36. The van der Waals surface area contributed by atoms with E-state index in [-0.39, 0.29) is 30.2 Å². The van der Waals surface area contributed by atoms with Crippen molar-refractivity contribution in [1.29, 1.82) is 0 Å². The molecular formula is C23H23FN8O2. The number of carbonyl (C=O) groups excluding carboxylic acids is 1. The van der Waals surface area contributed by atoms with E-state index in [4.69, 9.17) is 11.3 Å². The third-order valence-electron chi connectivity index (χ3n) is 6.48. The van der Waals surface area contributed by atoms with Gasteiger partial charge in [-0.3, -0.25) is 9.69 Å². The predicted molar refractivity (Wildman–Crippen MR) is 119 cm³/mol. The van der Waals surface area contributed by atoms with Crippen LogP contribution in [0.15, 0.2) is 36.8 Å². The van der Waals surface area contributed by atoms with Gasteiger partial charge in [-0.05, 0) is 52.2 Å². The van der Waals surface area contributed by atoms with Gasteiger partial charge in [0.1, 0.15) is 12.1 Å². The molecule has 0 unspecified atom stereocenters. The first kappa shape index (κ1) is 22.1. The molecule has 11 heteroatoms. The molecule has 10 nitrogen and oxygen atoms in total. The molecule has 0 radical (unpaired) electrons. The molecule has 3 aromatic rings. The highest BCUT2D eigenvalue weighted by molar-refractivity contribution is 5.79. The van der Waals surface area contributed by atoms with Crippen molar-refractivity contribution in [2.75, 3.05) is 32.8 Å². The fourth-order valence-corrected chi connectivity index (χ4v) is 4.62. The van der Waals surface area contributed by atoms with Crippen molar-refractivity contribution >= 4 is 11.6 Å². The van der Waals surface area contributed by atoms with Crippen LogP contribution in [-0.2, 0) is 16.0 Å². The van der Waals surface area contributed by atoms with Crippen LogP contribution in [0, 0.1) is 19.3 Å². The van der Waals surface area contributed by atoms with Crippen LogP contribution >= 0.6 is 0 Å². The second-order valence-electron chi connectivity index (χ2n) is 8.49. The lowest BCUT2D eigenvalue weighted by Gasteiger charge is -2.46. The lowest BCUT2D eigenvalue weighted by atomic mass is 9.98. The number of fused-ring (bicyclic) bond motifs is 1. The number of rotatable bonds is 4. The normalized spacial score (nSPS) is 20.6. The Balaban J connectivity index is 1.22. The molecule has 2 aromatic heterocycles. The van der Waals surface area contributed by atoms with Crippen molar-refractivity contribution in [1.82, 2.24) is 35.0 Å². The molecule has 1 amide bonds. The first-order chi connectivity index (χ1) is 16.5. The molecule has 34 heavy (non-hydrogen) atoms. The van der Waals surface area contributed by atoms with Gasteiger partial charge >= 0.3 is 0 Å². The van der Waals surface area contributed by atoms with E-state index in [2.05, 4.69) is 30.3 Å². The molecule has 2 fully saturated rings. The highest BCUT2D eigenvalue weighted by Crippen LogP contribution is 2.34. The van der Waals surface area contributed by atoms with Gasteiger partial charge in [0.2, 0.25) is 11.6 Å². The zero-order chi connectivity index (χ0) is 23.7. The smallest absolute Gasteiger partial charge is 0.227 e. The Labute approximate surface area is 195 Å². The summed E-state index contributed by atoms with van der Waals surface area (Å²) in [7, 11) is 0. The van der Waals surface area contributed by atoms with E-state index in [9.17, 15) is 9.18 Å². The average molecular weight is 462 g/mol. The van der Waals surface area contributed by atoms with E-state index >= 15 is 0 Å². The van der Waals surface area contributed by atoms with Crippen molar-refractivity contribution in [3.05, 3.63) is 70.7 Å². The number of morpholine rings is 1. The van der Waals surface area contributed by atoms with E-state index in [1.54, 1.807) is 25.3 Å². The predicted octanol–water partition coefficient (Wildman–Crippen LogP) is 1.88. The van der Waals surface area contributed by atoms with Crippen LogP contribution in [-0.4, -0.2) is 79.7 Å². The number of carbonyl (C=O) groups is 1. The fourth-order valence-electron chi connectivity index (χ4n) is 4.62. The minimum absolute atomic E-state index is 0.0479. The second kappa shape index (κ2) is 9.24. The van der Waals surface area contributed by atoms with Crippen LogP contribution in [0.1, 0.15) is 22.8 Å². The van der Waals surface area contributed by atoms with Crippen LogP contribution in [0.2, 0.25) is 0 Å². The number of amides is 1. The molecule has 0 saturated carbocycles. The molecule has 174 valence electrons. The summed E-state index contributed by atoms with van der Waals surface area (Å²) in [6, 6.07) is 6.78. The number of halogens is 1. The third-order valence-corrected chi connectivity index (χ3v) is 6.48. The number of hydrogen-bond acceptors (Lipinski definition) is 7. The quantitative estimate of drug-likeness (QED) is 0.547. The number of ether oxygens (including phenoxy) is 1. The molecule has 5 rings (SSSR count). The third kappa shape index (κ3) is 4.25. The SMILES string of the molecule is [C-]#[N+]c1c(F)ccc([C@H]2CN3CCN(C(=O)Cc4ccnc(-n5cnnn5)c4)C[C@H]3CO2)c1C. The van der Waals surface area contributed by atoms with Gasteiger partial charge in [0.15, 0.2) is 5.82 Å². The van der Waals surface area contributed by atoms with Gasteiger partial charge in [0.05, 0.1) is 31.7 Å². The summed E-state index contributed by atoms with van der Waals surface area (Å²) >= 11 is 0. The van der Waals surface area contributed by atoms with Crippen molar-refractivity contribution in [2.45, 2.75) is 25.5 Å². The number of piperazine rings is 1. The van der Waals surface area contributed by atoms with Crippen molar-refractivity contribution in [3.63, 3.8) is 0 Å². The van der Waals surface area contributed by atoms with Crippen LogP contribution < -0.4 is 0 Å². The number of pyridine rings is 1. The van der Waals surface area contributed by atoms with Crippen LogP contribution in [0.25, 0.3) is 10.7 Å². The molecule has 2 aliphatic rings. The number of benzene rings is 1. The van der Waals surface area contributed by atoms with Gasteiger partial charge in [-0.25, -0.2) is 14.2 Å². The Bertz CT molecular complexity index is 1240. The van der Waals surface area contributed by atoms with E-state index < -0.39 is 5.82 Å². The minimum Gasteiger partial charge on any atom is -0.371 e. The molecule has 2 saturated heterocycles. The van der Waals surface area contributed by atoms with Gasteiger partial charge in [0.25, 0.3) is 0 Å². The summed E-state index contributed by atoms with van der Waals surface area (Å²) in [4.78, 5) is 24.8. The monoisotopic (exact) mass is 462 g/mol. The van der Waals surface area contributed by atoms with Gasteiger partial charge < -0.3 is 9.64 Å². The Morgan fingerprint density at radius 1 is 1.29 bits per heavy atom. The van der Waals surface area contributed by atoms with Crippen molar-refractivity contribution in [3.8, 4) is 5.82 Å². The van der Waals surface area contributed by atoms with Crippen molar-refractivity contribution in [2.24, 2.45) is 0 Å². The van der Waals surface area contributed by atoms with E-state index in [1.807, 2.05) is 11.0 Å². The molecule has 2 aliphatic heterocycles. The van der Waals surface area contributed by atoms with Gasteiger partial charge in [-0.2, -0.15) is 4.68 Å². The lowest BCUT2D eigenvalue weighted by molar-refractivity contribution is -0.139. The molecule has 0 spiro atoms. The fraction of sp³-hybridized carbons (Fsp3) is 0.391. The maximum Gasteiger partial charge on any atom is 0.227 e. The van der Waals surface area contributed by atoms with Crippen LogP contribution in [0.5, 0.6) is 0 Å². The first-order valence-electron chi connectivity index (χ1n) is 11.0. The van der Waals surface area contributed by atoms with Gasteiger partial charge in [-0.1, -0.05) is 6.07 Å². The minimum atomic E-state index is -0.503. The van der Waals surface area contributed by atoms with Crippen LogP contribution in [0.3, 0.4) is 0 Å². The summed E-state index contributed by atoms with van der Waals surface area (Å²) in [5, 5.41) is 11.1. The Kier molecular flexibility index (Phi) is 6.00. The van der Waals surface area contributed by atoms with Gasteiger partial charge in [-0.15, -0.1) is 5.10 Å². The highest BCUT2D eigenvalue weighted by atomic mass is 19.1. The Morgan fingerprint density at radius 2 is 2.18 bits per heavy atom. The maximum atomic E-state index is 13.9. The molecule has 0 N–H and O–H groups in total. The van der Waals surface area contributed by atoms with Crippen LogP contribution in [0.4, 0.5) is 10.1 Å².